The molecule has 0 unspecified atom stereocenters. The number of halogens is 1. The van der Waals surface area contributed by atoms with E-state index in [1.54, 1.807) is 54.6 Å². The Bertz CT molecular complexity index is 1000. The lowest BCUT2D eigenvalue weighted by Crippen LogP contribution is -2.23. The number of hydrogen-bond donors (Lipinski definition) is 2. The van der Waals surface area contributed by atoms with Gasteiger partial charge in [0.1, 0.15) is 18.2 Å². The average molecular weight is 378 g/mol. The Morgan fingerprint density at radius 2 is 1.68 bits per heavy atom. The maximum Gasteiger partial charge on any atom is 0.252 e. The molecule has 0 saturated heterocycles. The number of nitrogens with one attached hydrogen (secondary N) is 1. The molecule has 0 spiro atoms. The number of benzene rings is 3. The molecule has 3 rings (SSSR count). The van der Waals surface area contributed by atoms with Gasteiger partial charge in [-0.1, -0.05) is 36.4 Å². The van der Waals surface area contributed by atoms with Gasteiger partial charge < -0.3 is 15.8 Å². The largest absolute Gasteiger partial charge is 0.488 e. The maximum absolute atomic E-state index is 13.2. The monoisotopic (exact) mass is 378 g/mol. The lowest BCUT2D eigenvalue weighted by Gasteiger charge is -2.11. The van der Waals surface area contributed by atoms with Crippen LogP contribution < -0.4 is 15.8 Å². The summed E-state index contributed by atoms with van der Waals surface area (Å²) in [6.45, 7) is 0.401. The molecule has 0 radical (unpaired) electrons. The molecule has 28 heavy (non-hydrogen) atoms. The van der Waals surface area contributed by atoms with E-state index in [0.29, 0.717) is 22.4 Å². The smallest absolute Gasteiger partial charge is 0.252 e. The molecule has 3 aromatic carbocycles. The highest BCUT2D eigenvalue weighted by molar-refractivity contribution is 5.95. The first-order chi connectivity index (χ1) is 13.5. The molecule has 0 aliphatic heterocycles. The minimum absolute atomic E-state index is 0.176. The molecule has 0 saturated carbocycles. The van der Waals surface area contributed by atoms with Crippen molar-refractivity contribution in [2.24, 2.45) is 5.73 Å². The fourth-order valence-electron chi connectivity index (χ4n) is 2.69. The van der Waals surface area contributed by atoms with Crippen LogP contribution in [0.2, 0.25) is 0 Å². The summed E-state index contributed by atoms with van der Waals surface area (Å²) < 4.78 is 18.9. The first kappa shape index (κ1) is 19.1. The zero-order valence-electron chi connectivity index (χ0n) is 15.0. The Hall–Kier alpha value is -3.67. The average Bonchev–Trinajstić information content (AvgIpc) is 2.71. The quantitative estimate of drug-likeness (QED) is 0.661. The van der Waals surface area contributed by atoms with Crippen LogP contribution in [0.5, 0.6) is 5.75 Å². The molecule has 0 aliphatic rings. The summed E-state index contributed by atoms with van der Waals surface area (Å²) >= 11 is 0. The number of primary amides is 1. The van der Waals surface area contributed by atoms with E-state index in [2.05, 4.69) is 5.32 Å². The number of amides is 2. The van der Waals surface area contributed by atoms with E-state index >= 15 is 0 Å². The number of carbonyl (C=O) groups excluding carboxylic acids is 2. The minimum atomic E-state index is -0.568. The first-order valence-corrected chi connectivity index (χ1v) is 8.66. The summed E-state index contributed by atoms with van der Waals surface area (Å²) in [6.07, 6.45) is 0. The van der Waals surface area contributed by atoms with Crippen molar-refractivity contribution in [3.63, 3.8) is 0 Å². The molecular weight excluding hydrogens is 359 g/mol. The van der Waals surface area contributed by atoms with Crippen LogP contribution in [-0.4, -0.2) is 11.8 Å². The summed E-state index contributed by atoms with van der Waals surface area (Å²) in [5, 5.41) is 2.76. The summed E-state index contributed by atoms with van der Waals surface area (Å²) in [5.41, 5.74) is 7.54. The SMILES string of the molecule is NC(=O)c1ccccc1OCc1cccc(C(=O)NCc2cccc(F)c2)c1. The zero-order valence-corrected chi connectivity index (χ0v) is 15.0. The number of ether oxygens (including phenoxy) is 1. The van der Waals surface area contributed by atoms with Gasteiger partial charge in [0.25, 0.3) is 11.8 Å². The third kappa shape index (κ3) is 4.94. The number of carbonyl (C=O) groups is 2. The predicted octanol–water partition coefficient (Wildman–Crippen LogP) is 3.43. The lowest BCUT2D eigenvalue weighted by molar-refractivity contribution is 0.0949. The molecule has 0 bridgehead atoms. The van der Waals surface area contributed by atoms with Crippen LogP contribution in [0.15, 0.2) is 72.8 Å². The molecular formula is C22H19FN2O3. The van der Waals surface area contributed by atoms with Crippen LogP contribution in [0.4, 0.5) is 4.39 Å². The minimum Gasteiger partial charge on any atom is -0.488 e. The first-order valence-electron chi connectivity index (χ1n) is 8.66. The van der Waals surface area contributed by atoms with Gasteiger partial charge in [-0.3, -0.25) is 9.59 Å². The molecule has 6 heteroatoms. The van der Waals surface area contributed by atoms with Crippen LogP contribution in [0.3, 0.4) is 0 Å². The Balaban J connectivity index is 1.63. The Kier molecular flexibility index (Phi) is 6.01. The van der Waals surface area contributed by atoms with Crippen LogP contribution in [0.25, 0.3) is 0 Å². The molecule has 5 nitrogen and oxygen atoms in total. The van der Waals surface area contributed by atoms with Crippen LogP contribution in [0.1, 0.15) is 31.8 Å². The lowest BCUT2D eigenvalue weighted by atomic mass is 10.1. The molecule has 0 aromatic heterocycles. The van der Waals surface area contributed by atoms with Gasteiger partial charge in [-0.05, 0) is 47.5 Å². The molecule has 0 fully saturated rings. The van der Waals surface area contributed by atoms with Crippen molar-refractivity contribution < 1.29 is 18.7 Å². The fourth-order valence-corrected chi connectivity index (χ4v) is 2.69. The van der Waals surface area contributed by atoms with Crippen molar-refractivity contribution in [1.82, 2.24) is 5.32 Å². The standard InChI is InChI=1S/C22H19FN2O3/c23-18-8-4-5-15(12-18)13-25-22(27)17-7-3-6-16(11-17)14-28-20-10-2-1-9-19(20)21(24)26/h1-12H,13-14H2,(H2,24,26)(H,25,27). The van der Waals surface area contributed by atoms with Gasteiger partial charge in [-0.15, -0.1) is 0 Å². The second-order valence-electron chi connectivity index (χ2n) is 6.16. The van der Waals surface area contributed by atoms with Crippen molar-refractivity contribution in [3.05, 3.63) is 101 Å². The second kappa shape index (κ2) is 8.81. The maximum atomic E-state index is 13.2. The number of rotatable bonds is 7. The summed E-state index contributed by atoms with van der Waals surface area (Å²) in [6, 6.07) is 19.7. The van der Waals surface area contributed by atoms with Gasteiger partial charge in [0, 0.05) is 12.1 Å². The Morgan fingerprint density at radius 1 is 0.929 bits per heavy atom. The molecule has 0 aliphatic carbocycles. The van der Waals surface area contributed by atoms with Crippen molar-refractivity contribution >= 4 is 11.8 Å². The normalized spacial score (nSPS) is 10.3. The summed E-state index contributed by atoms with van der Waals surface area (Å²) in [5.74, 6) is -0.803. The topological polar surface area (TPSA) is 81.4 Å². The number of hydrogen-bond acceptors (Lipinski definition) is 3. The van der Waals surface area contributed by atoms with E-state index in [-0.39, 0.29) is 24.9 Å². The predicted molar refractivity (Wildman–Crippen MR) is 103 cm³/mol. The van der Waals surface area contributed by atoms with Crippen molar-refractivity contribution in [2.75, 3.05) is 0 Å². The van der Waals surface area contributed by atoms with Crippen molar-refractivity contribution in [3.8, 4) is 5.75 Å². The van der Waals surface area contributed by atoms with Crippen molar-refractivity contribution in [2.45, 2.75) is 13.2 Å². The van der Waals surface area contributed by atoms with Gasteiger partial charge in [-0.25, -0.2) is 4.39 Å². The van der Waals surface area contributed by atoms with E-state index in [1.807, 2.05) is 6.07 Å². The van der Waals surface area contributed by atoms with Gasteiger partial charge >= 0.3 is 0 Å². The number of para-hydroxylation sites is 1. The molecule has 3 aromatic rings. The van der Waals surface area contributed by atoms with Crippen LogP contribution in [-0.2, 0) is 13.2 Å². The highest BCUT2D eigenvalue weighted by Crippen LogP contribution is 2.19. The molecule has 0 atom stereocenters. The van der Waals surface area contributed by atoms with Gasteiger partial charge in [0.05, 0.1) is 5.56 Å². The van der Waals surface area contributed by atoms with E-state index in [0.717, 1.165) is 5.56 Å². The third-order valence-electron chi connectivity index (χ3n) is 4.08. The third-order valence-corrected chi connectivity index (χ3v) is 4.08. The van der Waals surface area contributed by atoms with Gasteiger partial charge in [-0.2, -0.15) is 0 Å². The Labute approximate surface area is 161 Å². The van der Waals surface area contributed by atoms with E-state index in [9.17, 15) is 14.0 Å². The van der Waals surface area contributed by atoms with E-state index in [4.69, 9.17) is 10.5 Å². The highest BCUT2D eigenvalue weighted by atomic mass is 19.1. The van der Waals surface area contributed by atoms with Gasteiger partial charge in [0.15, 0.2) is 0 Å². The van der Waals surface area contributed by atoms with E-state index in [1.165, 1.54) is 12.1 Å². The van der Waals surface area contributed by atoms with Gasteiger partial charge in [0.2, 0.25) is 0 Å². The molecule has 3 N–H and O–H groups in total. The molecule has 2 amide bonds. The van der Waals surface area contributed by atoms with Crippen molar-refractivity contribution in [1.29, 1.82) is 0 Å². The summed E-state index contributed by atoms with van der Waals surface area (Å²) in [4.78, 5) is 23.8. The Morgan fingerprint density at radius 3 is 2.46 bits per heavy atom. The van der Waals surface area contributed by atoms with Crippen LogP contribution in [0, 0.1) is 5.82 Å². The number of nitrogens with two attached hydrogens (primary N) is 1. The zero-order chi connectivity index (χ0) is 19.9. The second-order valence-corrected chi connectivity index (χ2v) is 6.16. The fraction of sp³-hybridized carbons (Fsp3) is 0.0909. The summed E-state index contributed by atoms with van der Waals surface area (Å²) in [7, 11) is 0. The molecule has 142 valence electrons. The molecule has 0 heterocycles. The highest BCUT2D eigenvalue weighted by Gasteiger charge is 2.10. The van der Waals surface area contributed by atoms with Crippen LogP contribution >= 0.6 is 0 Å². The van der Waals surface area contributed by atoms with E-state index < -0.39 is 5.91 Å².